The van der Waals surface area contributed by atoms with Gasteiger partial charge in [-0.15, -0.1) is 11.8 Å². The fourth-order valence-corrected chi connectivity index (χ4v) is 3.79. The van der Waals surface area contributed by atoms with Crippen LogP contribution in [0.2, 0.25) is 0 Å². The van der Waals surface area contributed by atoms with Gasteiger partial charge in [-0.3, -0.25) is 0 Å². The van der Waals surface area contributed by atoms with Gasteiger partial charge in [0, 0.05) is 11.0 Å². The number of carbonyl (C=O) groups is 1. The molecule has 0 spiro atoms. The van der Waals surface area contributed by atoms with E-state index in [0.29, 0.717) is 45.9 Å². The molecule has 0 atom stereocenters. The Morgan fingerprint density at radius 1 is 1.00 bits per heavy atom. The second-order valence-corrected chi connectivity index (χ2v) is 7.69. The fraction of sp³-hybridized carbons (Fsp3) is 0.227. The Morgan fingerprint density at radius 3 is 2.58 bits per heavy atom. The van der Waals surface area contributed by atoms with Crippen molar-refractivity contribution in [3.63, 3.8) is 0 Å². The van der Waals surface area contributed by atoms with Crippen molar-refractivity contribution in [3.05, 3.63) is 65.6 Å². The number of thioether (sulfide) groups is 1. The Kier molecular flexibility index (Phi) is 6.89. The number of rotatable bonds is 9. The summed E-state index contributed by atoms with van der Waals surface area (Å²) < 4.78 is 26.3. The maximum atomic E-state index is 12.7. The van der Waals surface area contributed by atoms with Gasteiger partial charge in [-0.2, -0.15) is 9.97 Å². The molecular weight excluding hydrogens is 448 g/mol. The molecular formula is C22H20N4O6S. The van der Waals surface area contributed by atoms with Crippen molar-refractivity contribution in [1.82, 2.24) is 20.3 Å². The Bertz CT molecular complexity index is 1260. The SMILES string of the molecule is COc1ccc(-c2noc(COC(=O)c3ccccc3SCc3nc(C)no3)n2)c(OC)c1. The molecule has 0 saturated carbocycles. The molecule has 0 fully saturated rings. The van der Waals surface area contributed by atoms with Crippen LogP contribution in [0.1, 0.15) is 28.0 Å². The van der Waals surface area contributed by atoms with Gasteiger partial charge in [0.1, 0.15) is 11.5 Å². The molecule has 2 aromatic heterocycles. The summed E-state index contributed by atoms with van der Waals surface area (Å²) in [7, 11) is 3.11. The minimum atomic E-state index is -0.512. The third kappa shape index (κ3) is 5.32. The second-order valence-electron chi connectivity index (χ2n) is 6.67. The highest BCUT2D eigenvalue weighted by atomic mass is 32.2. The summed E-state index contributed by atoms with van der Waals surface area (Å²) >= 11 is 1.40. The normalized spacial score (nSPS) is 10.8. The molecule has 11 heteroatoms. The topological polar surface area (TPSA) is 123 Å². The molecule has 4 rings (SSSR count). The summed E-state index contributed by atoms with van der Waals surface area (Å²) in [5.74, 6) is 2.59. The number of nitrogens with zero attached hydrogens (tertiary/aromatic N) is 4. The molecule has 0 saturated heterocycles. The van der Waals surface area contributed by atoms with Gasteiger partial charge in [-0.1, -0.05) is 22.4 Å². The predicted molar refractivity (Wildman–Crippen MR) is 117 cm³/mol. The van der Waals surface area contributed by atoms with Crippen LogP contribution in [0, 0.1) is 6.92 Å². The quantitative estimate of drug-likeness (QED) is 0.261. The van der Waals surface area contributed by atoms with Crippen LogP contribution in [0.3, 0.4) is 0 Å². The lowest BCUT2D eigenvalue weighted by atomic mass is 10.2. The Labute approximate surface area is 193 Å². The summed E-state index contributed by atoms with van der Waals surface area (Å²) in [5.41, 5.74) is 1.04. The number of hydrogen-bond donors (Lipinski definition) is 0. The zero-order chi connectivity index (χ0) is 23.2. The van der Waals surface area contributed by atoms with Crippen molar-refractivity contribution < 1.29 is 28.1 Å². The second kappa shape index (κ2) is 10.2. The monoisotopic (exact) mass is 468 g/mol. The summed E-state index contributed by atoms with van der Waals surface area (Å²) in [6, 6.07) is 12.4. The number of hydrogen-bond acceptors (Lipinski definition) is 11. The highest BCUT2D eigenvalue weighted by molar-refractivity contribution is 7.98. The Morgan fingerprint density at radius 2 is 1.82 bits per heavy atom. The molecule has 0 amide bonds. The zero-order valence-corrected chi connectivity index (χ0v) is 18.9. The Balaban J connectivity index is 1.41. The summed E-state index contributed by atoms with van der Waals surface area (Å²) in [5, 5.41) is 7.72. The molecule has 0 aliphatic carbocycles. The first-order valence-electron chi connectivity index (χ1n) is 9.80. The smallest absolute Gasteiger partial charge is 0.339 e. The lowest BCUT2D eigenvalue weighted by Gasteiger charge is -2.07. The van der Waals surface area contributed by atoms with Crippen LogP contribution in [0.5, 0.6) is 11.5 Å². The minimum absolute atomic E-state index is 0.155. The third-order valence-electron chi connectivity index (χ3n) is 4.47. The van der Waals surface area contributed by atoms with Crippen LogP contribution in [-0.2, 0) is 17.1 Å². The fourth-order valence-electron chi connectivity index (χ4n) is 2.91. The van der Waals surface area contributed by atoms with Gasteiger partial charge in [-0.25, -0.2) is 4.79 Å². The first-order valence-corrected chi connectivity index (χ1v) is 10.8. The van der Waals surface area contributed by atoms with Crippen LogP contribution in [0.4, 0.5) is 0 Å². The minimum Gasteiger partial charge on any atom is -0.497 e. The van der Waals surface area contributed by atoms with Crippen LogP contribution in [0.15, 0.2) is 56.4 Å². The largest absolute Gasteiger partial charge is 0.497 e. The van der Waals surface area contributed by atoms with E-state index in [1.165, 1.54) is 18.9 Å². The number of esters is 1. The number of ether oxygens (including phenoxy) is 3. The van der Waals surface area contributed by atoms with Crippen molar-refractivity contribution in [1.29, 1.82) is 0 Å². The summed E-state index contributed by atoms with van der Waals surface area (Å²) in [4.78, 5) is 21.9. The summed E-state index contributed by atoms with van der Waals surface area (Å²) in [6.07, 6.45) is 0. The highest BCUT2D eigenvalue weighted by Gasteiger charge is 2.18. The molecule has 170 valence electrons. The molecule has 0 N–H and O–H groups in total. The van der Waals surface area contributed by atoms with E-state index in [-0.39, 0.29) is 12.5 Å². The van der Waals surface area contributed by atoms with Gasteiger partial charge >= 0.3 is 5.97 Å². The van der Waals surface area contributed by atoms with Crippen LogP contribution in [-0.4, -0.2) is 40.5 Å². The first kappa shape index (κ1) is 22.3. The average molecular weight is 468 g/mol. The number of benzene rings is 2. The molecule has 2 heterocycles. The molecule has 10 nitrogen and oxygen atoms in total. The lowest BCUT2D eigenvalue weighted by Crippen LogP contribution is -2.07. The van der Waals surface area contributed by atoms with Crippen molar-refractivity contribution >= 4 is 17.7 Å². The molecule has 2 aromatic carbocycles. The molecule has 33 heavy (non-hydrogen) atoms. The Hall–Kier alpha value is -3.86. The van der Waals surface area contributed by atoms with Crippen molar-refractivity contribution in [2.75, 3.05) is 14.2 Å². The molecule has 0 aliphatic heterocycles. The van der Waals surface area contributed by atoms with Crippen LogP contribution < -0.4 is 9.47 Å². The standard InChI is InChI=1S/C22H20N4O6S/c1-13-23-20(32-25-13)12-33-18-7-5-4-6-16(18)22(27)30-11-19-24-21(26-31-19)15-9-8-14(28-2)10-17(15)29-3/h4-10H,11-12H2,1-3H3. The number of aryl methyl sites for hydroxylation is 1. The van der Waals surface area contributed by atoms with Crippen molar-refractivity contribution in [2.45, 2.75) is 24.2 Å². The molecule has 0 bridgehead atoms. The van der Waals surface area contributed by atoms with Gasteiger partial charge < -0.3 is 23.3 Å². The molecule has 0 radical (unpaired) electrons. The number of aromatic nitrogens is 4. The van der Waals surface area contributed by atoms with E-state index < -0.39 is 5.97 Å². The van der Waals surface area contributed by atoms with Crippen molar-refractivity contribution in [2.24, 2.45) is 0 Å². The van der Waals surface area contributed by atoms with Gasteiger partial charge in [0.25, 0.3) is 5.89 Å². The molecule has 0 unspecified atom stereocenters. The maximum absolute atomic E-state index is 12.7. The van der Waals surface area contributed by atoms with Crippen molar-refractivity contribution in [3.8, 4) is 22.9 Å². The third-order valence-corrected chi connectivity index (χ3v) is 5.53. The summed E-state index contributed by atoms with van der Waals surface area (Å²) in [6.45, 7) is 1.57. The molecule has 0 aliphatic rings. The van der Waals surface area contributed by atoms with E-state index in [0.717, 1.165) is 4.90 Å². The number of methoxy groups -OCH3 is 2. The van der Waals surface area contributed by atoms with Crippen LogP contribution in [0.25, 0.3) is 11.4 Å². The van der Waals surface area contributed by atoms with E-state index in [1.54, 1.807) is 44.4 Å². The first-order chi connectivity index (χ1) is 16.1. The van der Waals surface area contributed by atoms with Gasteiger partial charge in [0.05, 0.1) is 31.1 Å². The van der Waals surface area contributed by atoms with E-state index in [1.807, 2.05) is 12.1 Å². The zero-order valence-electron chi connectivity index (χ0n) is 18.1. The predicted octanol–water partition coefficient (Wildman–Crippen LogP) is 4.09. The van der Waals surface area contributed by atoms with E-state index in [2.05, 4.69) is 20.3 Å². The van der Waals surface area contributed by atoms with E-state index >= 15 is 0 Å². The van der Waals surface area contributed by atoms with E-state index in [4.69, 9.17) is 23.3 Å². The maximum Gasteiger partial charge on any atom is 0.339 e. The average Bonchev–Trinajstić information content (AvgIpc) is 3.49. The van der Waals surface area contributed by atoms with E-state index in [9.17, 15) is 4.79 Å². The highest BCUT2D eigenvalue weighted by Crippen LogP contribution is 2.32. The number of carbonyl (C=O) groups excluding carboxylic acids is 1. The van der Waals surface area contributed by atoms with Gasteiger partial charge in [-0.05, 0) is 31.2 Å². The molecule has 4 aromatic rings. The lowest BCUT2D eigenvalue weighted by molar-refractivity contribution is 0.0425. The van der Waals surface area contributed by atoms with Gasteiger partial charge in [0.2, 0.25) is 11.7 Å². The van der Waals surface area contributed by atoms with Crippen LogP contribution >= 0.6 is 11.8 Å². The van der Waals surface area contributed by atoms with Gasteiger partial charge in [0.15, 0.2) is 12.4 Å².